The van der Waals surface area contributed by atoms with E-state index >= 15 is 0 Å². The van der Waals surface area contributed by atoms with Gasteiger partial charge in [-0.15, -0.1) is 0 Å². The Morgan fingerprint density at radius 1 is 1.22 bits per heavy atom. The standard InChI is InChI=1S/C15H19N3/c1-4-12-9-17-8-7-14(12)15(16-3)13-6-5-11(2)18-10-13/h5-10,15-16H,4H2,1-3H3. The van der Waals surface area contributed by atoms with Gasteiger partial charge < -0.3 is 5.32 Å². The fourth-order valence-corrected chi connectivity index (χ4v) is 2.17. The molecule has 3 nitrogen and oxygen atoms in total. The first-order chi connectivity index (χ1) is 8.76. The van der Waals surface area contributed by atoms with Gasteiger partial charge in [-0.2, -0.15) is 0 Å². The van der Waals surface area contributed by atoms with Crippen LogP contribution in [-0.2, 0) is 6.42 Å². The highest BCUT2D eigenvalue weighted by atomic mass is 14.9. The van der Waals surface area contributed by atoms with Crippen molar-refractivity contribution in [2.24, 2.45) is 0 Å². The highest BCUT2D eigenvalue weighted by molar-refractivity contribution is 5.35. The largest absolute Gasteiger partial charge is 0.309 e. The Hall–Kier alpha value is -1.74. The molecular formula is C15H19N3. The van der Waals surface area contributed by atoms with E-state index in [2.05, 4.69) is 34.3 Å². The van der Waals surface area contributed by atoms with E-state index in [-0.39, 0.29) is 6.04 Å². The summed E-state index contributed by atoms with van der Waals surface area (Å²) in [6, 6.07) is 6.44. The van der Waals surface area contributed by atoms with Gasteiger partial charge in [-0.3, -0.25) is 9.97 Å². The minimum Gasteiger partial charge on any atom is -0.309 e. The van der Waals surface area contributed by atoms with E-state index in [9.17, 15) is 0 Å². The molecule has 18 heavy (non-hydrogen) atoms. The van der Waals surface area contributed by atoms with Crippen molar-refractivity contribution in [3.63, 3.8) is 0 Å². The Morgan fingerprint density at radius 2 is 2.06 bits per heavy atom. The van der Waals surface area contributed by atoms with Gasteiger partial charge in [0.05, 0.1) is 6.04 Å². The normalized spacial score (nSPS) is 12.4. The summed E-state index contributed by atoms with van der Waals surface area (Å²) in [6.45, 7) is 4.16. The molecule has 0 bridgehead atoms. The highest BCUT2D eigenvalue weighted by Crippen LogP contribution is 2.24. The Labute approximate surface area is 108 Å². The van der Waals surface area contributed by atoms with Crippen LogP contribution in [0.25, 0.3) is 0 Å². The van der Waals surface area contributed by atoms with Gasteiger partial charge in [0.25, 0.3) is 0 Å². The zero-order valence-corrected chi connectivity index (χ0v) is 11.1. The molecule has 3 heteroatoms. The van der Waals surface area contributed by atoms with Crippen molar-refractivity contribution in [2.45, 2.75) is 26.3 Å². The molecule has 1 unspecified atom stereocenters. The van der Waals surface area contributed by atoms with Crippen molar-refractivity contribution in [2.75, 3.05) is 7.05 Å². The third-order valence-electron chi connectivity index (χ3n) is 3.19. The SMILES string of the molecule is CCc1cnccc1C(NC)c1ccc(C)nc1. The van der Waals surface area contributed by atoms with Crippen LogP contribution in [0.3, 0.4) is 0 Å². The zero-order chi connectivity index (χ0) is 13.0. The summed E-state index contributed by atoms with van der Waals surface area (Å²) in [6.07, 6.45) is 6.72. The predicted octanol–water partition coefficient (Wildman–Crippen LogP) is 2.66. The monoisotopic (exact) mass is 241 g/mol. The number of nitrogens with zero attached hydrogens (tertiary/aromatic N) is 2. The van der Waals surface area contributed by atoms with E-state index in [0.717, 1.165) is 12.1 Å². The highest BCUT2D eigenvalue weighted by Gasteiger charge is 2.15. The maximum absolute atomic E-state index is 4.37. The van der Waals surface area contributed by atoms with Gasteiger partial charge in [-0.05, 0) is 49.2 Å². The van der Waals surface area contributed by atoms with Crippen molar-refractivity contribution in [1.29, 1.82) is 0 Å². The molecule has 0 aliphatic heterocycles. The maximum atomic E-state index is 4.37. The summed E-state index contributed by atoms with van der Waals surface area (Å²) in [5, 5.41) is 3.36. The van der Waals surface area contributed by atoms with Crippen LogP contribution in [0.5, 0.6) is 0 Å². The van der Waals surface area contributed by atoms with Crippen LogP contribution in [-0.4, -0.2) is 17.0 Å². The summed E-state index contributed by atoms with van der Waals surface area (Å²) < 4.78 is 0. The second kappa shape index (κ2) is 5.74. The van der Waals surface area contributed by atoms with Crippen molar-refractivity contribution in [1.82, 2.24) is 15.3 Å². The molecule has 0 spiro atoms. The molecule has 0 radical (unpaired) electrons. The molecule has 2 rings (SSSR count). The molecule has 94 valence electrons. The Morgan fingerprint density at radius 3 is 2.67 bits per heavy atom. The summed E-state index contributed by atoms with van der Waals surface area (Å²) in [7, 11) is 1.98. The topological polar surface area (TPSA) is 37.8 Å². The van der Waals surface area contributed by atoms with Gasteiger partial charge >= 0.3 is 0 Å². The van der Waals surface area contributed by atoms with Gasteiger partial charge in [0.15, 0.2) is 0 Å². The van der Waals surface area contributed by atoms with Gasteiger partial charge in [0, 0.05) is 24.3 Å². The lowest BCUT2D eigenvalue weighted by Crippen LogP contribution is -2.19. The number of pyridine rings is 2. The minimum absolute atomic E-state index is 0.177. The molecule has 0 aliphatic carbocycles. The Balaban J connectivity index is 2.41. The third kappa shape index (κ3) is 2.57. The predicted molar refractivity (Wildman–Crippen MR) is 73.5 cm³/mol. The number of hydrogen-bond donors (Lipinski definition) is 1. The third-order valence-corrected chi connectivity index (χ3v) is 3.19. The summed E-state index contributed by atoms with van der Waals surface area (Å²) in [5.41, 5.74) is 4.78. The molecule has 2 heterocycles. The molecule has 2 aromatic heterocycles. The first-order valence-electron chi connectivity index (χ1n) is 6.28. The molecule has 0 fully saturated rings. The molecule has 0 amide bonds. The van der Waals surface area contributed by atoms with Crippen molar-refractivity contribution in [3.8, 4) is 0 Å². The van der Waals surface area contributed by atoms with E-state index in [0.29, 0.717) is 0 Å². The number of aromatic nitrogens is 2. The lowest BCUT2D eigenvalue weighted by Gasteiger charge is -2.19. The van der Waals surface area contributed by atoms with Crippen LogP contribution < -0.4 is 5.32 Å². The number of nitrogens with one attached hydrogen (secondary N) is 1. The van der Waals surface area contributed by atoms with Crippen LogP contribution in [0.2, 0.25) is 0 Å². The van der Waals surface area contributed by atoms with Gasteiger partial charge in [-0.1, -0.05) is 13.0 Å². The second-order valence-corrected chi connectivity index (χ2v) is 4.38. The molecule has 2 aromatic rings. The van der Waals surface area contributed by atoms with Gasteiger partial charge in [0.1, 0.15) is 0 Å². The van der Waals surface area contributed by atoms with E-state index < -0.39 is 0 Å². The lowest BCUT2D eigenvalue weighted by atomic mass is 9.96. The van der Waals surface area contributed by atoms with Crippen LogP contribution in [0.15, 0.2) is 36.8 Å². The van der Waals surface area contributed by atoms with E-state index in [1.807, 2.05) is 38.6 Å². The van der Waals surface area contributed by atoms with Crippen LogP contribution in [0, 0.1) is 6.92 Å². The smallest absolute Gasteiger partial charge is 0.0593 e. The lowest BCUT2D eigenvalue weighted by molar-refractivity contribution is 0.679. The first-order valence-corrected chi connectivity index (χ1v) is 6.28. The molecule has 0 saturated carbocycles. The molecule has 0 aromatic carbocycles. The van der Waals surface area contributed by atoms with Crippen molar-refractivity contribution in [3.05, 3.63) is 59.2 Å². The minimum atomic E-state index is 0.177. The van der Waals surface area contributed by atoms with E-state index in [4.69, 9.17) is 0 Å². The fraction of sp³-hybridized carbons (Fsp3) is 0.333. The molecule has 0 aliphatic rings. The second-order valence-electron chi connectivity index (χ2n) is 4.38. The van der Waals surface area contributed by atoms with Crippen molar-refractivity contribution < 1.29 is 0 Å². The molecular weight excluding hydrogens is 222 g/mol. The van der Waals surface area contributed by atoms with Crippen LogP contribution in [0.4, 0.5) is 0 Å². The summed E-state index contributed by atoms with van der Waals surface area (Å²) >= 11 is 0. The van der Waals surface area contributed by atoms with Gasteiger partial charge in [0.2, 0.25) is 0 Å². The van der Waals surface area contributed by atoms with E-state index in [1.54, 1.807) is 0 Å². The number of rotatable bonds is 4. The van der Waals surface area contributed by atoms with Crippen LogP contribution >= 0.6 is 0 Å². The van der Waals surface area contributed by atoms with Crippen LogP contribution in [0.1, 0.15) is 35.3 Å². The zero-order valence-electron chi connectivity index (χ0n) is 11.1. The number of aryl methyl sites for hydroxylation is 2. The average molecular weight is 241 g/mol. The van der Waals surface area contributed by atoms with Crippen molar-refractivity contribution >= 4 is 0 Å². The Bertz CT molecular complexity index is 505. The van der Waals surface area contributed by atoms with Gasteiger partial charge in [-0.25, -0.2) is 0 Å². The fourth-order valence-electron chi connectivity index (χ4n) is 2.17. The quantitative estimate of drug-likeness (QED) is 0.894. The Kier molecular flexibility index (Phi) is 4.05. The maximum Gasteiger partial charge on any atom is 0.0593 e. The molecule has 1 N–H and O–H groups in total. The summed E-state index contributed by atoms with van der Waals surface area (Å²) in [4.78, 5) is 8.57. The average Bonchev–Trinajstić information content (AvgIpc) is 2.42. The first kappa shape index (κ1) is 12.7. The number of hydrogen-bond acceptors (Lipinski definition) is 3. The molecule has 0 saturated heterocycles. The van der Waals surface area contributed by atoms with E-state index in [1.165, 1.54) is 16.7 Å². The summed E-state index contributed by atoms with van der Waals surface area (Å²) in [5.74, 6) is 0. The molecule has 1 atom stereocenters.